The number of halogens is 2. The van der Waals surface area contributed by atoms with Crippen LogP contribution in [0.2, 0.25) is 0 Å². The normalized spacial score (nSPS) is 25.2. The Morgan fingerprint density at radius 3 is 2.61 bits per heavy atom. The van der Waals surface area contributed by atoms with E-state index in [1.54, 1.807) is 12.1 Å². The van der Waals surface area contributed by atoms with Gasteiger partial charge >= 0.3 is 5.97 Å². The zero-order valence-electron chi connectivity index (χ0n) is 18.9. The van der Waals surface area contributed by atoms with Gasteiger partial charge in [-0.05, 0) is 91.9 Å². The Bertz CT molecular complexity index is 976. The van der Waals surface area contributed by atoms with Crippen LogP contribution in [0.4, 0.5) is 8.78 Å². The largest absolute Gasteiger partial charge is 0.489 e. The summed E-state index contributed by atoms with van der Waals surface area (Å²) in [5.41, 5.74) is 3.16. The topological polar surface area (TPSA) is 70.6 Å². The Hall–Kier alpha value is -2.51. The van der Waals surface area contributed by atoms with Crippen LogP contribution in [0.5, 0.6) is 5.75 Å². The minimum Gasteiger partial charge on any atom is -0.489 e. The highest BCUT2D eigenvalue weighted by molar-refractivity contribution is 5.73. The van der Waals surface area contributed by atoms with Gasteiger partial charge in [-0.2, -0.15) is 0 Å². The van der Waals surface area contributed by atoms with Crippen molar-refractivity contribution in [2.24, 2.45) is 5.92 Å². The molecule has 1 aliphatic carbocycles. The molecule has 2 atom stereocenters. The molecule has 4 rings (SSSR count). The first-order valence-electron chi connectivity index (χ1n) is 11.8. The molecular formula is C26H32F2N2O3. The Balaban J connectivity index is 1.35. The van der Waals surface area contributed by atoms with E-state index < -0.39 is 12.0 Å². The number of carbonyl (C=O) groups is 1. The van der Waals surface area contributed by atoms with Crippen molar-refractivity contribution >= 4 is 5.97 Å². The molecule has 33 heavy (non-hydrogen) atoms. The van der Waals surface area contributed by atoms with Crippen molar-refractivity contribution in [3.8, 4) is 5.75 Å². The summed E-state index contributed by atoms with van der Waals surface area (Å²) in [5, 5.41) is 15.2. The molecule has 2 aromatic carbocycles. The summed E-state index contributed by atoms with van der Waals surface area (Å²) in [5.74, 6) is -0.175. The van der Waals surface area contributed by atoms with Crippen molar-refractivity contribution in [2.45, 2.75) is 63.1 Å². The second-order valence-electron chi connectivity index (χ2n) is 9.37. The molecule has 5 nitrogen and oxygen atoms in total. The lowest BCUT2D eigenvalue weighted by Gasteiger charge is -2.30. The van der Waals surface area contributed by atoms with Crippen LogP contribution < -0.4 is 15.4 Å². The molecule has 0 spiro atoms. The molecule has 2 aromatic rings. The number of nitrogens with one attached hydrogen (secondary N) is 2. The van der Waals surface area contributed by atoms with E-state index in [1.807, 2.05) is 19.2 Å². The lowest BCUT2D eigenvalue weighted by Crippen LogP contribution is -2.30. The molecule has 7 heteroatoms. The molecular weight excluding hydrogens is 426 g/mol. The molecule has 178 valence electrons. The summed E-state index contributed by atoms with van der Waals surface area (Å²) in [6, 6.07) is 9.26. The third-order valence-corrected chi connectivity index (χ3v) is 6.91. The van der Waals surface area contributed by atoms with Crippen molar-refractivity contribution in [1.29, 1.82) is 0 Å². The minimum absolute atomic E-state index is 0.189. The van der Waals surface area contributed by atoms with E-state index >= 15 is 0 Å². The van der Waals surface area contributed by atoms with Crippen LogP contribution in [0.25, 0.3) is 0 Å². The first kappa shape index (κ1) is 23.6. The average molecular weight is 459 g/mol. The minimum atomic E-state index is -0.895. The summed E-state index contributed by atoms with van der Waals surface area (Å²) in [6.07, 6.45) is 4.87. The number of hydrogen-bond donors (Lipinski definition) is 3. The van der Waals surface area contributed by atoms with Crippen LogP contribution in [-0.4, -0.2) is 36.8 Å². The SMILES string of the molecule is CNCc1ccc(F)cc1[C@H]1CC[C@H](Cc2cc(F)cc(O[C@@H]3CN[C@H](C(=O)O)C3)c2)CC1. The highest BCUT2D eigenvalue weighted by Crippen LogP contribution is 2.39. The van der Waals surface area contributed by atoms with Crippen molar-refractivity contribution in [2.75, 3.05) is 13.6 Å². The van der Waals surface area contributed by atoms with E-state index in [2.05, 4.69) is 10.6 Å². The Labute approximate surface area is 193 Å². The van der Waals surface area contributed by atoms with Gasteiger partial charge in [0.15, 0.2) is 0 Å². The van der Waals surface area contributed by atoms with Crippen molar-refractivity contribution in [3.05, 3.63) is 64.7 Å². The van der Waals surface area contributed by atoms with Gasteiger partial charge in [0.25, 0.3) is 0 Å². The maximum Gasteiger partial charge on any atom is 0.320 e. The maximum atomic E-state index is 14.3. The van der Waals surface area contributed by atoms with Crippen molar-refractivity contribution in [3.63, 3.8) is 0 Å². The number of aliphatic carboxylic acids is 1. The van der Waals surface area contributed by atoms with Gasteiger partial charge in [0.2, 0.25) is 0 Å². The molecule has 0 amide bonds. The van der Waals surface area contributed by atoms with E-state index in [-0.39, 0.29) is 17.7 Å². The summed E-state index contributed by atoms with van der Waals surface area (Å²) < 4.78 is 34.0. The smallest absolute Gasteiger partial charge is 0.320 e. The van der Waals surface area contributed by atoms with Gasteiger partial charge in [-0.15, -0.1) is 0 Å². The van der Waals surface area contributed by atoms with Crippen molar-refractivity contribution in [1.82, 2.24) is 10.6 Å². The quantitative estimate of drug-likeness (QED) is 0.547. The predicted molar refractivity (Wildman–Crippen MR) is 122 cm³/mol. The van der Waals surface area contributed by atoms with Crippen LogP contribution in [0.3, 0.4) is 0 Å². The lowest BCUT2D eigenvalue weighted by atomic mass is 9.75. The van der Waals surface area contributed by atoms with Gasteiger partial charge in [0.05, 0.1) is 0 Å². The third kappa shape index (κ3) is 6.09. The second kappa shape index (κ2) is 10.6. The Morgan fingerprint density at radius 1 is 1.12 bits per heavy atom. The Kier molecular flexibility index (Phi) is 7.60. The van der Waals surface area contributed by atoms with Crippen LogP contribution in [0, 0.1) is 17.6 Å². The fourth-order valence-electron chi connectivity index (χ4n) is 5.29. The zero-order valence-corrected chi connectivity index (χ0v) is 18.9. The molecule has 1 saturated heterocycles. The number of rotatable bonds is 8. The number of ether oxygens (including phenoxy) is 1. The van der Waals surface area contributed by atoms with Crippen molar-refractivity contribution < 1.29 is 23.4 Å². The van der Waals surface area contributed by atoms with Gasteiger partial charge in [0.1, 0.15) is 29.5 Å². The molecule has 1 saturated carbocycles. The Morgan fingerprint density at radius 2 is 1.91 bits per heavy atom. The zero-order chi connectivity index (χ0) is 23.4. The first-order chi connectivity index (χ1) is 15.9. The van der Waals surface area contributed by atoms with E-state index in [0.29, 0.717) is 30.6 Å². The fraction of sp³-hybridized carbons (Fsp3) is 0.500. The highest BCUT2D eigenvalue weighted by atomic mass is 19.1. The van der Waals surface area contributed by atoms with Crippen LogP contribution in [-0.2, 0) is 17.8 Å². The number of carboxylic acid groups (broad SMARTS) is 1. The number of hydrogen-bond acceptors (Lipinski definition) is 4. The average Bonchev–Trinajstić information content (AvgIpc) is 3.24. The molecule has 2 aliphatic rings. The standard InChI is InChI=1S/C26H32F2N2O3/c1-29-14-19-6-7-20(27)12-24(19)18-4-2-16(3-5-18)8-17-9-21(28)11-22(10-17)33-23-13-25(26(31)32)30-15-23/h6-7,9-12,16,18,23,25,29-30H,2-5,8,13-15H2,1H3,(H,31,32)/t16-,18-,23-,25-/m0/s1. The summed E-state index contributed by atoms with van der Waals surface area (Å²) in [4.78, 5) is 11.1. The molecule has 0 aromatic heterocycles. The monoisotopic (exact) mass is 458 g/mol. The molecule has 3 N–H and O–H groups in total. The molecule has 1 heterocycles. The third-order valence-electron chi connectivity index (χ3n) is 6.91. The maximum absolute atomic E-state index is 14.3. The summed E-state index contributed by atoms with van der Waals surface area (Å²) in [6.45, 7) is 1.16. The summed E-state index contributed by atoms with van der Waals surface area (Å²) >= 11 is 0. The van der Waals surface area contributed by atoms with Gasteiger partial charge < -0.3 is 20.5 Å². The molecule has 1 aliphatic heterocycles. The van der Waals surface area contributed by atoms with Gasteiger partial charge in [-0.1, -0.05) is 6.07 Å². The fourth-order valence-corrected chi connectivity index (χ4v) is 5.29. The van der Waals surface area contributed by atoms with Crippen LogP contribution >= 0.6 is 0 Å². The van der Waals surface area contributed by atoms with Crippen LogP contribution in [0.1, 0.15) is 54.7 Å². The van der Waals surface area contributed by atoms with E-state index in [1.165, 1.54) is 12.1 Å². The molecule has 0 bridgehead atoms. The molecule has 2 fully saturated rings. The van der Waals surface area contributed by atoms with Crippen LogP contribution in [0.15, 0.2) is 36.4 Å². The number of carboxylic acids is 1. The molecule has 0 radical (unpaired) electrons. The predicted octanol–water partition coefficient (Wildman–Crippen LogP) is 4.39. The lowest BCUT2D eigenvalue weighted by molar-refractivity contribution is -0.139. The van der Waals surface area contributed by atoms with Gasteiger partial charge in [-0.3, -0.25) is 4.79 Å². The van der Waals surface area contributed by atoms with E-state index in [9.17, 15) is 13.6 Å². The first-order valence-corrected chi connectivity index (χ1v) is 11.8. The van der Waals surface area contributed by atoms with Gasteiger partial charge in [0, 0.05) is 25.6 Å². The number of benzene rings is 2. The van der Waals surface area contributed by atoms with E-state index in [0.717, 1.165) is 55.3 Å². The summed E-state index contributed by atoms with van der Waals surface area (Å²) in [7, 11) is 1.90. The highest BCUT2D eigenvalue weighted by Gasteiger charge is 2.30. The van der Waals surface area contributed by atoms with Gasteiger partial charge in [-0.25, -0.2) is 8.78 Å². The molecule has 0 unspecified atom stereocenters. The second-order valence-corrected chi connectivity index (χ2v) is 9.37. The van der Waals surface area contributed by atoms with E-state index in [4.69, 9.17) is 9.84 Å².